The Morgan fingerprint density at radius 1 is 1.26 bits per heavy atom. The maximum absolute atomic E-state index is 12.0. The number of hydrogen-bond donors (Lipinski definition) is 0. The van der Waals surface area contributed by atoms with Gasteiger partial charge in [0, 0.05) is 50.3 Å². The van der Waals surface area contributed by atoms with Crippen LogP contribution in [0.15, 0.2) is 23.1 Å². The average molecular weight is 316 g/mol. The molecule has 0 aromatic carbocycles. The molecule has 23 heavy (non-hydrogen) atoms. The van der Waals surface area contributed by atoms with Gasteiger partial charge in [0.1, 0.15) is 0 Å². The van der Waals surface area contributed by atoms with Gasteiger partial charge in [-0.2, -0.15) is 5.10 Å². The molecular formula is C16H24N6O. The van der Waals surface area contributed by atoms with E-state index < -0.39 is 0 Å². The molecule has 0 atom stereocenters. The molecule has 0 spiro atoms. The fourth-order valence-electron chi connectivity index (χ4n) is 2.84. The van der Waals surface area contributed by atoms with Gasteiger partial charge in [-0.3, -0.25) is 14.4 Å². The number of aromatic nitrogens is 5. The van der Waals surface area contributed by atoms with E-state index >= 15 is 0 Å². The van der Waals surface area contributed by atoms with Crippen molar-refractivity contribution in [3.8, 4) is 0 Å². The maximum Gasteiger partial charge on any atom is 0.266 e. The summed E-state index contributed by atoms with van der Waals surface area (Å²) in [6.07, 6.45) is 1.94. The van der Waals surface area contributed by atoms with Crippen molar-refractivity contribution >= 4 is 0 Å². The number of nitrogens with zero attached hydrogens (tertiary/aromatic N) is 6. The van der Waals surface area contributed by atoms with E-state index in [9.17, 15) is 4.79 Å². The van der Waals surface area contributed by atoms with Crippen LogP contribution in [0.25, 0.3) is 0 Å². The molecule has 3 rings (SSSR count). The third kappa shape index (κ3) is 3.67. The van der Waals surface area contributed by atoms with Crippen LogP contribution in [0.2, 0.25) is 0 Å². The molecule has 1 saturated heterocycles. The van der Waals surface area contributed by atoms with Gasteiger partial charge >= 0.3 is 0 Å². The van der Waals surface area contributed by atoms with Gasteiger partial charge in [-0.1, -0.05) is 26.0 Å². The molecule has 0 radical (unpaired) electrons. The zero-order valence-electron chi connectivity index (χ0n) is 14.2. The summed E-state index contributed by atoms with van der Waals surface area (Å²) in [5.74, 6) is 0.465. The zero-order valence-corrected chi connectivity index (χ0v) is 14.2. The van der Waals surface area contributed by atoms with Gasteiger partial charge in [0.25, 0.3) is 5.56 Å². The smallest absolute Gasteiger partial charge is 0.266 e. The second kappa shape index (κ2) is 5.88. The fraction of sp³-hybridized carbons (Fsp3) is 0.625. The number of rotatable bonds is 4. The van der Waals surface area contributed by atoms with Crippen molar-refractivity contribution in [3.63, 3.8) is 0 Å². The molecule has 1 fully saturated rings. The molecule has 0 saturated carbocycles. The Hall–Kier alpha value is -2.02. The van der Waals surface area contributed by atoms with Crippen LogP contribution in [0.4, 0.5) is 0 Å². The van der Waals surface area contributed by atoms with E-state index in [1.54, 1.807) is 15.4 Å². The van der Waals surface area contributed by atoms with Crippen molar-refractivity contribution in [1.29, 1.82) is 0 Å². The summed E-state index contributed by atoms with van der Waals surface area (Å²) in [5.41, 5.74) is 1.86. The lowest BCUT2D eigenvalue weighted by molar-refractivity contribution is 0.0750. The van der Waals surface area contributed by atoms with Crippen LogP contribution in [-0.2, 0) is 25.6 Å². The van der Waals surface area contributed by atoms with Crippen molar-refractivity contribution in [3.05, 3.63) is 40.1 Å². The lowest BCUT2D eigenvalue weighted by Crippen LogP contribution is -2.49. The van der Waals surface area contributed by atoms with E-state index in [0.29, 0.717) is 12.5 Å². The van der Waals surface area contributed by atoms with E-state index in [4.69, 9.17) is 0 Å². The first-order valence-corrected chi connectivity index (χ1v) is 7.97. The predicted molar refractivity (Wildman–Crippen MR) is 87.0 cm³/mol. The first kappa shape index (κ1) is 15.9. The maximum atomic E-state index is 12.0. The molecule has 7 heteroatoms. The highest BCUT2D eigenvalue weighted by Gasteiger charge is 2.28. The molecule has 2 aromatic heterocycles. The Morgan fingerprint density at radius 3 is 2.61 bits per heavy atom. The number of likely N-dealkylation sites (tertiary alicyclic amines) is 1. The molecule has 0 amide bonds. The second-order valence-corrected chi connectivity index (χ2v) is 7.43. The third-order valence-electron chi connectivity index (χ3n) is 4.13. The van der Waals surface area contributed by atoms with Crippen LogP contribution in [-0.4, -0.2) is 42.8 Å². The molecule has 0 aliphatic carbocycles. The molecule has 3 heterocycles. The summed E-state index contributed by atoms with van der Waals surface area (Å²) in [6.45, 7) is 9.74. The molecule has 1 aliphatic heterocycles. The van der Waals surface area contributed by atoms with Gasteiger partial charge in [0.05, 0.1) is 17.9 Å². The predicted octanol–water partition coefficient (Wildman–Crippen LogP) is 0.801. The van der Waals surface area contributed by atoms with E-state index in [0.717, 1.165) is 31.0 Å². The summed E-state index contributed by atoms with van der Waals surface area (Å²) in [5, 5.41) is 12.6. The Bertz CT molecular complexity index is 736. The number of aryl methyl sites for hydroxylation is 1. The topological polar surface area (TPSA) is 68.8 Å². The van der Waals surface area contributed by atoms with Gasteiger partial charge in [0.15, 0.2) is 0 Å². The number of hydrogen-bond acceptors (Lipinski definition) is 5. The Balaban J connectivity index is 1.58. The van der Waals surface area contributed by atoms with Gasteiger partial charge < -0.3 is 0 Å². The zero-order chi connectivity index (χ0) is 16.6. The summed E-state index contributed by atoms with van der Waals surface area (Å²) in [4.78, 5) is 14.3. The summed E-state index contributed by atoms with van der Waals surface area (Å²) in [7, 11) is 1.87. The van der Waals surface area contributed by atoms with E-state index in [-0.39, 0.29) is 11.0 Å². The van der Waals surface area contributed by atoms with Crippen LogP contribution in [0, 0.1) is 5.92 Å². The molecule has 1 aliphatic rings. The largest absolute Gasteiger partial charge is 0.297 e. The van der Waals surface area contributed by atoms with Crippen molar-refractivity contribution in [2.75, 3.05) is 13.1 Å². The Morgan fingerprint density at radius 2 is 2.00 bits per heavy atom. The molecular weight excluding hydrogens is 292 g/mol. The van der Waals surface area contributed by atoms with Crippen LogP contribution >= 0.6 is 0 Å². The Labute approximate surface area is 135 Å². The van der Waals surface area contributed by atoms with Crippen molar-refractivity contribution < 1.29 is 0 Å². The van der Waals surface area contributed by atoms with Gasteiger partial charge in [-0.25, -0.2) is 4.68 Å². The monoisotopic (exact) mass is 316 g/mol. The molecule has 0 bridgehead atoms. The highest BCUT2D eigenvalue weighted by Crippen LogP contribution is 2.21. The quantitative estimate of drug-likeness (QED) is 0.834. The molecule has 7 nitrogen and oxygen atoms in total. The summed E-state index contributed by atoms with van der Waals surface area (Å²) in [6, 6.07) is 3.46. The first-order valence-electron chi connectivity index (χ1n) is 7.97. The van der Waals surface area contributed by atoms with Crippen molar-refractivity contribution in [2.24, 2.45) is 13.0 Å². The average Bonchev–Trinajstić information content (AvgIpc) is 2.82. The standard InChI is InChI=1S/C16H24N6O/c1-16(2,3)14-5-6-15(23)22(18-14)9-12-7-21(8-12)11-13-10-20(4)19-17-13/h5-6,10,12H,7-9,11H2,1-4H3. The minimum Gasteiger partial charge on any atom is -0.297 e. The van der Waals surface area contributed by atoms with Crippen molar-refractivity contribution in [1.82, 2.24) is 29.7 Å². The minimum absolute atomic E-state index is 0.0228. The van der Waals surface area contributed by atoms with Gasteiger partial charge in [-0.15, -0.1) is 5.10 Å². The second-order valence-electron chi connectivity index (χ2n) is 7.43. The lowest BCUT2D eigenvalue weighted by atomic mass is 9.92. The van der Waals surface area contributed by atoms with Crippen molar-refractivity contribution in [2.45, 2.75) is 39.3 Å². The van der Waals surface area contributed by atoms with Crippen LogP contribution in [0.5, 0.6) is 0 Å². The molecule has 2 aromatic rings. The van der Waals surface area contributed by atoms with Crippen LogP contribution in [0.3, 0.4) is 0 Å². The van der Waals surface area contributed by atoms with Crippen LogP contribution in [0.1, 0.15) is 32.2 Å². The van der Waals surface area contributed by atoms with Gasteiger partial charge in [0.2, 0.25) is 0 Å². The molecule has 0 unspecified atom stereocenters. The fourth-order valence-corrected chi connectivity index (χ4v) is 2.84. The summed E-state index contributed by atoms with van der Waals surface area (Å²) < 4.78 is 3.33. The highest BCUT2D eigenvalue weighted by molar-refractivity contribution is 5.10. The Kier molecular flexibility index (Phi) is 4.06. The normalized spacial score (nSPS) is 16.5. The first-order chi connectivity index (χ1) is 10.8. The van der Waals surface area contributed by atoms with E-state index in [2.05, 4.69) is 41.1 Å². The lowest BCUT2D eigenvalue weighted by Gasteiger charge is -2.38. The molecule has 124 valence electrons. The minimum atomic E-state index is -0.0485. The van der Waals surface area contributed by atoms with E-state index in [1.807, 2.05) is 19.3 Å². The van der Waals surface area contributed by atoms with Crippen LogP contribution < -0.4 is 5.56 Å². The van der Waals surface area contributed by atoms with E-state index in [1.165, 1.54) is 0 Å². The highest BCUT2D eigenvalue weighted by atomic mass is 16.1. The van der Waals surface area contributed by atoms with Gasteiger partial charge in [-0.05, 0) is 6.07 Å². The third-order valence-corrected chi connectivity index (χ3v) is 4.13. The molecule has 0 N–H and O–H groups in total. The SMILES string of the molecule is Cn1cc(CN2CC(Cn3nc(C(C)(C)C)ccc3=O)C2)nn1. The summed E-state index contributed by atoms with van der Waals surface area (Å²) >= 11 is 0.